The van der Waals surface area contributed by atoms with E-state index in [0.29, 0.717) is 12.8 Å². The van der Waals surface area contributed by atoms with Crippen LogP contribution in [-0.2, 0) is 19.8 Å². The van der Waals surface area contributed by atoms with Gasteiger partial charge in [-0.25, -0.2) is 4.72 Å². The fourth-order valence-corrected chi connectivity index (χ4v) is 3.09. The molecule has 2 amide bonds. The first-order valence-electron chi connectivity index (χ1n) is 5.52. The van der Waals surface area contributed by atoms with Crippen molar-refractivity contribution in [2.24, 2.45) is 0 Å². The van der Waals surface area contributed by atoms with Crippen LogP contribution in [0.15, 0.2) is 0 Å². The number of hydrogen-bond donors (Lipinski definition) is 2. The molecule has 7 nitrogen and oxygen atoms in total. The minimum atomic E-state index is -3.77. The zero-order chi connectivity index (χ0) is 13.1. The lowest BCUT2D eigenvalue weighted by molar-refractivity contribution is -0.137. The second kappa shape index (κ2) is 5.56. The maximum absolute atomic E-state index is 11.9. The SMILES string of the molecule is CCCNS(=O)(=O)N1CC(=O)NC(=O)C1CC. The molecule has 1 unspecified atom stereocenters. The zero-order valence-corrected chi connectivity index (χ0v) is 10.7. The highest BCUT2D eigenvalue weighted by Gasteiger charge is 2.39. The maximum atomic E-state index is 11.9. The molecule has 1 fully saturated rings. The molecule has 1 aliphatic rings. The summed E-state index contributed by atoms with van der Waals surface area (Å²) in [6, 6.07) is -0.818. The van der Waals surface area contributed by atoms with Gasteiger partial charge in [0.25, 0.3) is 10.2 Å². The molecule has 17 heavy (non-hydrogen) atoms. The molecule has 1 aliphatic heterocycles. The van der Waals surface area contributed by atoms with E-state index in [-0.39, 0.29) is 13.1 Å². The predicted octanol–water partition coefficient (Wildman–Crippen LogP) is -1.03. The van der Waals surface area contributed by atoms with Gasteiger partial charge in [-0.3, -0.25) is 14.9 Å². The highest BCUT2D eigenvalue weighted by Crippen LogP contribution is 2.12. The van der Waals surface area contributed by atoms with Crippen molar-refractivity contribution in [3.05, 3.63) is 0 Å². The summed E-state index contributed by atoms with van der Waals surface area (Å²) >= 11 is 0. The van der Waals surface area contributed by atoms with E-state index in [0.717, 1.165) is 4.31 Å². The van der Waals surface area contributed by atoms with Crippen LogP contribution in [0.4, 0.5) is 0 Å². The quantitative estimate of drug-likeness (QED) is 0.620. The first-order chi connectivity index (χ1) is 7.92. The Labute approximate surface area is 101 Å². The largest absolute Gasteiger partial charge is 0.294 e. The molecule has 0 radical (unpaired) electrons. The number of nitrogens with zero attached hydrogens (tertiary/aromatic N) is 1. The van der Waals surface area contributed by atoms with Crippen molar-refractivity contribution < 1.29 is 18.0 Å². The van der Waals surface area contributed by atoms with Gasteiger partial charge in [0.05, 0.1) is 6.54 Å². The zero-order valence-electron chi connectivity index (χ0n) is 9.89. The van der Waals surface area contributed by atoms with E-state index in [9.17, 15) is 18.0 Å². The van der Waals surface area contributed by atoms with E-state index in [2.05, 4.69) is 10.0 Å². The minimum Gasteiger partial charge on any atom is -0.294 e. The molecule has 0 saturated carbocycles. The van der Waals surface area contributed by atoms with Gasteiger partial charge in [-0.15, -0.1) is 0 Å². The average Bonchev–Trinajstić information content (AvgIpc) is 2.25. The summed E-state index contributed by atoms with van der Waals surface area (Å²) in [5.74, 6) is -1.16. The lowest BCUT2D eigenvalue weighted by Crippen LogP contribution is -2.61. The standard InChI is InChI=1S/C9H17N3O4S/c1-3-5-10-17(15,16)12-6-8(13)11-9(14)7(12)4-2/h7,10H,3-6H2,1-2H3,(H,11,13,14). The van der Waals surface area contributed by atoms with Gasteiger partial charge in [-0.1, -0.05) is 13.8 Å². The number of amides is 2. The summed E-state index contributed by atoms with van der Waals surface area (Å²) in [6.07, 6.45) is 0.968. The molecule has 0 aromatic rings. The first kappa shape index (κ1) is 14.1. The highest BCUT2D eigenvalue weighted by atomic mass is 32.2. The third-order valence-corrected chi connectivity index (χ3v) is 4.01. The van der Waals surface area contributed by atoms with E-state index in [1.807, 2.05) is 6.92 Å². The Balaban J connectivity index is 2.91. The summed E-state index contributed by atoms with van der Waals surface area (Å²) in [7, 11) is -3.77. The van der Waals surface area contributed by atoms with Gasteiger partial charge >= 0.3 is 0 Å². The molecule has 1 heterocycles. The van der Waals surface area contributed by atoms with Crippen LogP contribution in [0, 0.1) is 0 Å². The number of hydrogen-bond acceptors (Lipinski definition) is 4. The Morgan fingerprint density at radius 1 is 1.41 bits per heavy atom. The van der Waals surface area contributed by atoms with E-state index in [1.54, 1.807) is 6.92 Å². The van der Waals surface area contributed by atoms with Crippen LogP contribution in [-0.4, -0.2) is 43.7 Å². The first-order valence-corrected chi connectivity index (χ1v) is 6.96. The molecule has 8 heteroatoms. The molecule has 1 rings (SSSR count). The monoisotopic (exact) mass is 263 g/mol. The molecule has 0 aromatic carbocycles. The summed E-state index contributed by atoms with van der Waals surface area (Å²) in [6.45, 7) is 3.49. The summed E-state index contributed by atoms with van der Waals surface area (Å²) in [5.41, 5.74) is 0. The fourth-order valence-electron chi connectivity index (χ4n) is 1.60. The molecule has 1 atom stereocenters. The van der Waals surface area contributed by atoms with Crippen LogP contribution in [0.3, 0.4) is 0 Å². The molecule has 0 aliphatic carbocycles. The van der Waals surface area contributed by atoms with Crippen molar-refractivity contribution in [2.45, 2.75) is 32.7 Å². The van der Waals surface area contributed by atoms with Crippen molar-refractivity contribution in [1.29, 1.82) is 0 Å². The van der Waals surface area contributed by atoms with Gasteiger partial charge in [0, 0.05) is 6.54 Å². The number of rotatable bonds is 5. The molecule has 0 spiro atoms. The van der Waals surface area contributed by atoms with Gasteiger partial charge in [0.15, 0.2) is 0 Å². The van der Waals surface area contributed by atoms with Crippen molar-refractivity contribution in [2.75, 3.05) is 13.1 Å². The average molecular weight is 263 g/mol. The van der Waals surface area contributed by atoms with Crippen molar-refractivity contribution in [1.82, 2.24) is 14.3 Å². The summed E-state index contributed by atoms with van der Waals surface area (Å²) < 4.78 is 27.0. The number of carbonyl (C=O) groups is 2. The van der Waals surface area contributed by atoms with Crippen molar-refractivity contribution >= 4 is 22.0 Å². The predicted molar refractivity (Wildman–Crippen MR) is 61.1 cm³/mol. The van der Waals surface area contributed by atoms with E-state index < -0.39 is 28.1 Å². The Kier molecular flexibility index (Phi) is 4.61. The Hall–Kier alpha value is -0.990. The summed E-state index contributed by atoms with van der Waals surface area (Å²) in [5, 5.41) is 2.13. The van der Waals surface area contributed by atoms with Crippen molar-refractivity contribution in [3.8, 4) is 0 Å². The minimum absolute atomic E-state index is 0.283. The van der Waals surface area contributed by atoms with Crippen LogP contribution in [0.2, 0.25) is 0 Å². The van der Waals surface area contributed by atoms with Crippen LogP contribution in [0.1, 0.15) is 26.7 Å². The van der Waals surface area contributed by atoms with Crippen LogP contribution in [0.5, 0.6) is 0 Å². The van der Waals surface area contributed by atoms with Gasteiger partial charge < -0.3 is 0 Å². The van der Waals surface area contributed by atoms with E-state index in [1.165, 1.54) is 0 Å². The number of piperazine rings is 1. The third-order valence-electron chi connectivity index (χ3n) is 2.44. The van der Waals surface area contributed by atoms with Gasteiger partial charge in [-0.05, 0) is 12.8 Å². The highest BCUT2D eigenvalue weighted by molar-refractivity contribution is 7.87. The van der Waals surface area contributed by atoms with E-state index in [4.69, 9.17) is 0 Å². The second-order valence-corrected chi connectivity index (χ2v) is 5.49. The number of nitrogens with one attached hydrogen (secondary N) is 2. The lowest BCUT2D eigenvalue weighted by Gasteiger charge is -2.32. The lowest BCUT2D eigenvalue weighted by atomic mass is 10.2. The Morgan fingerprint density at radius 3 is 2.59 bits per heavy atom. The molecule has 0 aromatic heterocycles. The van der Waals surface area contributed by atoms with Crippen LogP contribution < -0.4 is 10.0 Å². The molecule has 0 bridgehead atoms. The molecule has 1 saturated heterocycles. The van der Waals surface area contributed by atoms with E-state index >= 15 is 0 Å². The summed E-state index contributed by atoms with van der Waals surface area (Å²) in [4.78, 5) is 22.7. The van der Waals surface area contributed by atoms with Crippen molar-refractivity contribution in [3.63, 3.8) is 0 Å². The molecular weight excluding hydrogens is 246 g/mol. The van der Waals surface area contributed by atoms with Gasteiger partial charge in [-0.2, -0.15) is 12.7 Å². The van der Waals surface area contributed by atoms with Gasteiger partial charge in [0.2, 0.25) is 11.8 Å². The molecular formula is C9H17N3O4S. The third kappa shape index (κ3) is 3.24. The normalized spacial score (nSPS) is 22.6. The second-order valence-electron chi connectivity index (χ2n) is 3.78. The van der Waals surface area contributed by atoms with Crippen LogP contribution in [0.25, 0.3) is 0 Å². The topological polar surface area (TPSA) is 95.6 Å². The maximum Gasteiger partial charge on any atom is 0.280 e. The molecule has 2 N–H and O–H groups in total. The Morgan fingerprint density at radius 2 is 2.06 bits per heavy atom. The smallest absolute Gasteiger partial charge is 0.280 e. The van der Waals surface area contributed by atoms with Gasteiger partial charge in [0.1, 0.15) is 6.04 Å². The number of carbonyl (C=O) groups excluding carboxylic acids is 2. The Bertz CT molecular complexity index is 406. The van der Waals surface area contributed by atoms with Crippen LogP contribution >= 0.6 is 0 Å². The number of imide groups is 1. The molecule has 98 valence electrons. The fraction of sp³-hybridized carbons (Fsp3) is 0.778.